The number of hydrogen-bond donors (Lipinski definition) is 2. The van der Waals surface area contributed by atoms with Crippen LogP contribution in [0.3, 0.4) is 0 Å². The summed E-state index contributed by atoms with van der Waals surface area (Å²) in [5.74, 6) is -0.622. The lowest BCUT2D eigenvalue weighted by atomic mass is 9.81. The molecule has 2 bridgehead atoms. The van der Waals surface area contributed by atoms with Crippen LogP contribution in [0.25, 0.3) is 0 Å². The lowest BCUT2D eigenvalue weighted by Gasteiger charge is -2.40. The molecule has 0 aromatic heterocycles. The summed E-state index contributed by atoms with van der Waals surface area (Å²) in [5.41, 5.74) is 11.4. The Morgan fingerprint density at radius 1 is 0.973 bits per heavy atom. The Morgan fingerprint density at radius 3 is 2.41 bits per heavy atom. The number of alkyl halides is 2. The molecule has 0 unspecified atom stereocenters. The Labute approximate surface area is 216 Å². The highest BCUT2D eigenvalue weighted by Gasteiger charge is 2.60. The SMILES string of the molecule is Nc1ccc(C(=O)Nc2cc3c(c(N4CCC(F)(F)CC4)c2)OCC3)c(N2C[C@H]3CC[C@@H](C2)C32CC2)c1. The van der Waals surface area contributed by atoms with Crippen LogP contribution in [0.2, 0.25) is 0 Å². The van der Waals surface area contributed by atoms with Gasteiger partial charge in [0.1, 0.15) is 5.75 Å². The normalized spacial score (nSPS) is 26.6. The van der Waals surface area contributed by atoms with E-state index in [1.807, 2.05) is 29.2 Å². The van der Waals surface area contributed by atoms with Crippen LogP contribution < -0.4 is 25.6 Å². The number of amides is 1. The predicted octanol–water partition coefficient (Wildman–Crippen LogP) is 5.32. The van der Waals surface area contributed by atoms with Crippen molar-refractivity contribution in [1.29, 1.82) is 0 Å². The minimum absolute atomic E-state index is 0.174. The van der Waals surface area contributed by atoms with Crippen LogP contribution in [0.5, 0.6) is 5.75 Å². The molecule has 3 aliphatic heterocycles. The summed E-state index contributed by atoms with van der Waals surface area (Å²) in [6.07, 6.45) is 5.68. The van der Waals surface area contributed by atoms with Crippen molar-refractivity contribution in [2.75, 3.05) is 53.6 Å². The number of rotatable bonds is 4. The third kappa shape index (κ3) is 3.91. The van der Waals surface area contributed by atoms with E-state index in [4.69, 9.17) is 10.5 Å². The minimum atomic E-state index is -2.62. The lowest BCUT2D eigenvalue weighted by molar-refractivity contribution is -0.0221. The Balaban J connectivity index is 1.16. The van der Waals surface area contributed by atoms with E-state index in [1.54, 1.807) is 6.07 Å². The van der Waals surface area contributed by atoms with Gasteiger partial charge in [0, 0.05) is 62.4 Å². The number of benzene rings is 2. The van der Waals surface area contributed by atoms with Crippen molar-refractivity contribution in [1.82, 2.24) is 0 Å². The summed E-state index contributed by atoms with van der Waals surface area (Å²) >= 11 is 0. The quantitative estimate of drug-likeness (QED) is 0.547. The van der Waals surface area contributed by atoms with Crippen LogP contribution in [0, 0.1) is 17.3 Å². The maximum absolute atomic E-state index is 13.8. The molecule has 2 aromatic carbocycles. The summed E-state index contributed by atoms with van der Waals surface area (Å²) < 4.78 is 33.5. The van der Waals surface area contributed by atoms with Crippen molar-refractivity contribution in [3.8, 4) is 5.75 Å². The van der Waals surface area contributed by atoms with Gasteiger partial charge in [0.2, 0.25) is 0 Å². The molecule has 196 valence electrons. The average molecular weight is 509 g/mol. The smallest absolute Gasteiger partial charge is 0.257 e. The number of nitrogens with zero attached hydrogens (tertiary/aromatic N) is 2. The molecule has 5 aliphatic rings. The highest BCUT2D eigenvalue weighted by atomic mass is 19.3. The van der Waals surface area contributed by atoms with Gasteiger partial charge in [-0.2, -0.15) is 0 Å². The molecule has 2 atom stereocenters. The van der Waals surface area contributed by atoms with E-state index in [0.29, 0.717) is 40.8 Å². The fourth-order valence-electron chi connectivity index (χ4n) is 7.49. The number of nitrogens with one attached hydrogen (secondary N) is 1. The van der Waals surface area contributed by atoms with Crippen LogP contribution in [-0.2, 0) is 6.42 Å². The van der Waals surface area contributed by atoms with Crippen LogP contribution in [0.4, 0.5) is 31.5 Å². The van der Waals surface area contributed by atoms with E-state index in [9.17, 15) is 13.6 Å². The third-order valence-corrected chi connectivity index (χ3v) is 9.66. The molecule has 1 spiro atoms. The number of halogens is 2. The molecule has 6 nitrogen and oxygen atoms in total. The van der Waals surface area contributed by atoms with Gasteiger partial charge >= 0.3 is 0 Å². The topological polar surface area (TPSA) is 70.8 Å². The predicted molar refractivity (Wildman–Crippen MR) is 141 cm³/mol. The number of nitrogens with two attached hydrogens (primary N) is 1. The van der Waals surface area contributed by atoms with Gasteiger partial charge in [-0.05, 0) is 73.3 Å². The second-order valence-corrected chi connectivity index (χ2v) is 11.8. The van der Waals surface area contributed by atoms with E-state index in [-0.39, 0.29) is 31.8 Å². The first-order valence-electron chi connectivity index (χ1n) is 13.7. The minimum Gasteiger partial charge on any atom is -0.491 e. The second-order valence-electron chi connectivity index (χ2n) is 11.8. The average Bonchev–Trinajstić information content (AvgIpc) is 3.47. The maximum atomic E-state index is 13.8. The number of nitrogen functional groups attached to an aromatic ring is 1. The molecule has 4 fully saturated rings. The largest absolute Gasteiger partial charge is 0.491 e. The van der Waals surface area contributed by atoms with E-state index < -0.39 is 5.92 Å². The fourth-order valence-corrected chi connectivity index (χ4v) is 7.49. The van der Waals surface area contributed by atoms with Crippen LogP contribution in [0.1, 0.15) is 54.4 Å². The highest BCUT2D eigenvalue weighted by molar-refractivity contribution is 6.09. The van der Waals surface area contributed by atoms with Gasteiger partial charge < -0.3 is 25.6 Å². The molecule has 7 rings (SSSR count). The number of carbonyl (C=O) groups excluding carboxylic acids is 1. The first-order chi connectivity index (χ1) is 17.8. The number of ether oxygens (including phenoxy) is 1. The van der Waals surface area contributed by atoms with Crippen LogP contribution in [0.15, 0.2) is 30.3 Å². The molecule has 2 aliphatic carbocycles. The van der Waals surface area contributed by atoms with Crippen molar-refractivity contribution >= 4 is 28.7 Å². The Morgan fingerprint density at radius 2 is 1.70 bits per heavy atom. The molecule has 2 saturated heterocycles. The summed E-state index contributed by atoms with van der Waals surface area (Å²) in [4.78, 5) is 18.0. The van der Waals surface area contributed by atoms with Crippen molar-refractivity contribution in [3.05, 3.63) is 41.5 Å². The number of carbonyl (C=O) groups is 1. The first-order valence-corrected chi connectivity index (χ1v) is 13.7. The van der Waals surface area contributed by atoms with Crippen LogP contribution in [-0.4, -0.2) is 44.6 Å². The molecule has 2 aromatic rings. The molecule has 0 radical (unpaired) electrons. The van der Waals surface area contributed by atoms with Gasteiger partial charge in [-0.3, -0.25) is 4.79 Å². The zero-order valence-electron chi connectivity index (χ0n) is 21.1. The van der Waals surface area contributed by atoms with Crippen molar-refractivity contribution in [2.45, 2.75) is 50.9 Å². The molecule has 3 heterocycles. The van der Waals surface area contributed by atoms with Gasteiger partial charge in [-0.1, -0.05) is 0 Å². The van der Waals surface area contributed by atoms with E-state index in [1.165, 1.54) is 25.7 Å². The molecule has 2 saturated carbocycles. The summed E-state index contributed by atoms with van der Waals surface area (Å²) in [6, 6.07) is 9.38. The van der Waals surface area contributed by atoms with Crippen molar-refractivity contribution in [3.63, 3.8) is 0 Å². The van der Waals surface area contributed by atoms with Gasteiger partial charge in [0.15, 0.2) is 0 Å². The number of hydrogen-bond acceptors (Lipinski definition) is 5. The van der Waals surface area contributed by atoms with Gasteiger partial charge in [0.25, 0.3) is 11.8 Å². The summed E-state index contributed by atoms with van der Waals surface area (Å²) in [6.45, 7) is 3.06. The Hall–Kier alpha value is -3.03. The standard InChI is InChI=1S/C29H34F2N4O2/c30-29(31)8-10-34(11-9-29)25-15-22(13-18-5-12-37-26(18)25)33-27(36)23-4-3-21(32)14-24(23)35-16-19-1-2-20(17-35)28(19)6-7-28/h3-4,13-15,19-20H,1-2,5-12,16-17,32H2,(H,33,36)/t19-,20+. The fraction of sp³-hybridized carbons (Fsp3) is 0.552. The Bertz CT molecular complexity index is 1230. The monoisotopic (exact) mass is 508 g/mol. The lowest BCUT2D eigenvalue weighted by Crippen LogP contribution is -2.43. The first kappa shape index (κ1) is 23.1. The van der Waals surface area contributed by atoms with Gasteiger partial charge in [-0.15, -0.1) is 0 Å². The zero-order chi connectivity index (χ0) is 25.4. The van der Waals surface area contributed by atoms with Crippen molar-refractivity contribution in [2.24, 2.45) is 17.3 Å². The molecular weight excluding hydrogens is 474 g/mol. The van der Waals surface area contributed by atoms with Gasteiger partial charge in [-0.25, -0.2) is 8.78 Å². The van der Waals surface area contributed by atoms with E-state index in [0.717, 1.165) is 42.2 Å². The second kappa shape index (κ2) is 8.23. The zero-order valence-corrected chi connectivity index (χ0v) is 21.1. The molecule has 1 amide bonds. The number of fused-ring (bicyclic) bond motifs is 1. The highest BCUT2D eigenvalue weighted by Crippen LogP contribution is 2.66. The van der Waals surface area contributed by atoms with E-state index >= 15 is 0 Å². The maximum Gasteiger partial charge on any atom is 0.257 e. The molecule has 37 heavy (non-hydrogen) atoms. The summed E-state index contributed by atoms with van der Waals surface area (Å²) in [5, 5.41) is 3.11. The molecule has 8 heteroatoms. The summed E-state index contributed by atoms with van der Waals surface area (Å²) in [7, 11) is 0. The van der Waals surface area contributed by atoms with E-state index in [2.05, 4.69) is 10.2 Å². The number of piperidine rings is 2. The molecule has 3 N–H and O–H groups in total. The van der Waals surface area contributed by atoms with Crippen molar-refractivity contribution < 1.29 is 18.3 Å². The number of anilines is 4. The van der Waals surface area contributed by atoms with Gasteiger partial charge in [0.05, 0.1) is 23.5 Å². The molecular formula is C29H34F2N4O2. The Kier molecular flexibility index (Phi) is 5.14. The van der Waals surface area contributed by atoms with Crippen LogP contribution >= 0.6 is 0 Å². The third-order valence-electron chi connectivity index (χ3n) is 9.66.